The highest BCUT2D eigenvalue weighted by molar-refractivity contribution is 7.91. The van der Waals surface area contributed by atoms with E-state index in [0.717, 1.165) is 16.7 Å². The van der Waals surface area contributed by atoms with E-state index in [1.54, 1.807) is 17.0 Å². The topological polar surface area (TPSA) is 63.7 Å². The second-order valence-electron chi connectivity index (χ2n) is 7.21. The molecule has 0 aliphatic carbocycles. The number of halogens is 1. The summed E-state index contributed by atoms with van der Waals surface area (Å²) in [4.78, 5) is 14.5. The molecule has 0 radical (unpaired) electrons. The zero-order chi connectivity index (χ0) is 20.3. The van der Waals surface area contributed by atoms with Gasteiger partial charge in [-0.2, -0.15) is 0 Å². The van der Waals surface area contributed by atoms with E-state index in [2.05, 4.69) is 0 Å². The number of benzene rings is 2. The highest BCUT2D eigenvalue weighted by Gasteiger charge is 2.34. The number of hydrogen-bond acceptors (Lipinski definition) is 4. The first-order chi connectivity index (χ1) is 13.2. The number of aryl methyl sites for hydroxylation is 2. The number of nitrogens with zero attached hydrogens (tertiary/aromatic N) is 1. The molecule has 0 aromatic heterocycles. The molecule has 1 saturated heterocycles. The molecule has 0 spiro atoms. The van der Waals surface area contributed by atoms with Crippen LogP contribution in [0, 0.1) is 19.7 Å². The van der Waals surface area contributed by atoms with Crippen molar-refractivity contribution in [2.24, 2.45) is 0 Å². The van der Waals surface area contributed by atoms with Crippen LogP contribution in [0.5, 0.6) is 5.75 Å². The number of sulfone groups is 1. The summed E-state index contributed by atoms with van der Waals surface area (Å²) < 4.78 is 42.8. The Bertz CT molecular complexity index is 937. The molecule has 150 valence electrons. The molecule has 1 aliphatic rings. The maximum atomic E-state index is 13.2. The predicted octanol–water partition coefficient (Wildman–Crippen LogP) is 3.04. The monoisotopic (exact) mass is 405 g/mol. The molecule has 0 bridgehead atoms. The van der Waals surface area contributed by atoms with Crippen molar-refractivity contribution in [3.8, 4) is 5.75 Å². The van der Waals surface area contributed by atoms with Gasteiger partial charge in [0.15, 0.2) is 16.4 Å². The molecule has 5 nitrogen and oxygen atoms in total. The average molecular weight is 405 g/mol. The SMILES string of the molecule is Cc1cccc(C)c1OCC(=O)N(Cc1ccc(F)cc1)[C@@H]1CCS(=O)(=O)C1. The maximum Gasteiger partial charge on any atom is 0.261 e. The number of ether oxygens (including phenoxy) is 1. The number of amides is 1. The zero-order valence-electron chi connectivity index (χ0n) is 16.0. The van der Waals surface area contributed by atoms with E-state index in [4.69, 9.17) is 4.74 Å². The van der Waals surface area contributed by atoms with E-state index in [0.29, 0.717) is 12.2 Å². The van der Waals surface area contributed by atoms with Crippen molar-refractivity contribution in [3.63, 3.8) is 0 Å². The lowest BCUT2D eigenvalue weighted by Gasteiger charge is -2.28. The molecule has 28 heavy (non-hydrogen) atoms. The van der Waals surface area contributed by atoms with E-state index in [1.165, 1.54) is 12.1 Å². The average Bonchev–Trinajstić information content (AvgIpc) is 3.00. The van der Waals surface area contributed by atoms with Crippen LogP contribution in [0.15, 0.2) is 42.5 Å². The van der Waals surface area contributed by atoms with Gasteiger partial charge in [0.1, 0.15) is 11.6 Å². The number of carbonyl (C=O) groups is 1. The highest BCUT2D eigenvalue weighted by Crippen LogP contribution is 2.24. The first-order valence-electron chi connectivity index (χ1n) is 9.18. The second-order valence-corrected chi connectivity index (χ2v) is 9.44. The van der Waals surface area contributed by atoms with Gasteiger partial charge in [0, 0.05) is 12.6 Å². The summed E-state index contributed by atoms with van der Waals surface area (Å²) in [6.07, 6.45) is 0.401. The predicted molar refractivity (Wildman–Crippen MR) is 105 cm³/mol. The zero-order valence-corrected chi connectivity index (χ0v) is 16.8. The molecule has 0 saturated carbocycles. The minimum atomic E-state index is -3.15. The van der Waals surface area contributed by atoms with Crippen molar-refractivity contribution in [2.75, 3.05) is 18.1 Å². The minimum Gasteiger partial charge on any atom is -0.483 e. The summed E-state index contributed by atoms with van der Waals surface area (Å²) in [6, 6.07) is 11.2. The first-order valence-corrected chi connectivity index (χ1v) is 11.0. The number of carbonyl (C=O) groups excluding carboxylic acids is 1. The molecule has 1 heterocycles. The van der Waals surface area contributed by atoms with Gasteiger partial charge in [-0.3, -0.25) is 4.79 Å². The minimum absolute atomic E-state index is 0.0523. The molecule has 7 heteroatoms. The molecule has 1 amide bonds. The molecule has 1 fully saturated rings. The van der Waals surface area contributed by atoms with Crippen LogP contribution in [0.4, 0.5) is 4.39 Å². The molecule has 2 aromatic carbocycles. The summed E-state index contributed by atoms with van der Waals surface area (Å²) >= 11 is 0. The number of rotatable bonds is 6. The fraction of sp³-hybridized carbons (Fsp3) is 0.381. The number of para-hydroxylation sites is 1. The third-order valence-electron chi connectivity index (χ3n) is 4.98. The van der Waals surface area contributed by atoms with Crippen LogP contribution < -0.4 is 4.74 Å². The Labute approximate surface area is 165 Å². The Morgan fingerprint density at radius 1 is 1.14 bits per heavy atom. The highest BCUT2D eigenvalue weighted by atomic mass is 32.2. The molecule has 1 aliphatic heterocycles. The normalized spacial score (nSPS) is 18.0. The van der Waals surface area contributed by atoms with Crippen LogP contribution in [-0.4, -0.2) is 43.4 Å². The van der Waals surface area contributed by atoms with E-state index < -0.39 is 15.9 Å². The standard InChI is InChI=1S/C21H24FNO4S/c1-15-4-3-5-16(2)21(15)27-13-20(24)23(19-10-11-28(25,26)14-19)12-17-6-8-18(22)9-7-17/h3-9,19H,10-14H2,1-2H3/t19-/m1/s1. The molecule has 2 aromatic rings. The van der Waals surface area contributed by atoms with Crippen molar-refractivity contribution in [3.05, 3.63) is 65.0 Å². The third kappa shape index (κ3) is 4.90. The van der Waals surface area contributed by atoms with Gasteiger partial charge in [0.25, 0.3) is 5.91 Å². The van der Waals surface area contributed by atoms with Gasteiger partial charge in [-0.25, -0.2) is 12.8 Å². The fourth-order valence-electron chi connectivity index (χ4n) is 3.47. The lowest BCUT2D eigenvalue weighted by molar-refractivity contribution is -0.136. The van der Waals surface area contributed by atoms with Crippen LogP contribution in [0.1, 0.15) is 23.1 Å². The Kier molecular flexibility index (Phi) is 6.03. The molecule has 0 N–H and O–H groups in total. The van der Waals surface area contributed by atoms with E-state index in [9.17, 15) is 17.6 Å². The van der Waals surface area contributed by atoms with Gasteiger partial charge in [-0.05, 0) is 49.1 Å². The van der Waals surface area contributed by atoms with Crippen LogP contribution in [-0.2, 0) is 21.2 Å². The number of hydrogen-bond donors (Lipinski definition) is 0. The summed E-state index contributed by atoms with van der Waals surface area (Å²) in [6.45, 7) is 3.86. The second kappa shape index (κ2) is 8.31. The molecular formula is C21H24FNO4S. The molecule has 3 rings (SSSR count). The quantitative estimate of drug-likeness (QED) is 0.741. The van der Waals surface area contributed by atoms with Gasteiger partial charge < -0.3 is 9.64 Å². The summed E-state index contributed by atoms with van der Waals surface area (Å²) in [5.41, 5.74) is 2.61. The van der Waals surface area contributed by atoms with Crippen LogP contribution in [0.25, 0.3) is 0 Å². The smallest absolute Gasteiger partial charge is 0.261 e. The van der Waals surface area contributed by atoms with E-state index >= 15 is 0 Å². The van der Waals surface area contributed by atoms with Gasteiger partial charge in [0.05, 0.1) is 11.5 Å². The van der Waals surface area contributed by atoms with E-state index in [-0.39, 0.29) is 36.4 Å². The fourth-order valence-corrected chi connectivity index (χ4v) is 5.20. The van der Waals surface area contributed by atoms with Gasteiger partial charge in [0.2, 0.25) is 0 Å². The molecular weight excluding hydrogens is 381 g/mol. The van der Waals surface area contributed by atoms with Crippen molar-refractivity contribution >= 4 is 15.7 Å². The van der Waals surface area contributed by atoms with Crippen molar-refractivity contribution in [1.82, 2.24) is 4.90 Å². The summed E-state index contributed by atoms with van der Waals surface area (Å²) in [7, 11) is -3.15. The van der Waals surface area contributed by atoms with Crippen LogP contribution >= 0.6 is 0 Å². The van der Waals surface area contributed by atoms with Gasteiger partial charge in [-0.15, -0.1) is 0 Å². The molecule has 1 atom stereocenters. The van der Waals surface area contributed by atoms with Crippen LogP contribution in [0.2, 0.25) is 0 Å². The first kappa shape index (κ1) is 20.3. The van der Waals surface area contributed by atoms with Crippen molar-refractivity contribution < 1.29 is 22.3 Å². The van der Waals surface area contributed by atoms with Gasteiger partial charge in [-0.1, -0.05) is 30.3 Å². The lowest BCUT2D eigenvalue weighted by Crippen LogP contribution is -2.43. The summed E-state index contributed by atoms with van der Waals surface area (Å²) in [5.74, 6) is 0.0421. The van der Waals surface area contributed by atoms with Crippen molar-refractivity contribution in [2.45, 2.75) is 32.9 Å². The Hall–Kier alpha value is -2.41. The Morgan fingerprint density at radius 3 is 2.36 bits per heavy atom. The summed E-state index contributed by atoms with van der Waals surface area (Å²) in [5, 5.41) is 0. The Morgan fingerprint density at radius 2 is 1.79 bits per heavy atom. The van der Waals surface area contributed by atoms with Crippen molar-refractivity contribution in [1.29, 1.82) is 0 Å². The maximum absolute atomic E-state index is 13.2. The lowest BCUT2D eigenvalue weighted by atomic mass is 10.1. The third-order valence-corrected chi connectivity index (χ3v) is 6.73. The van der Waals surface area contributed by atoms with Crippen LogP contribution in [0.3, 0.4) is 0 Å². The van der Waals surface area contributed by atoms with E-state index in [1.807, 2.05) is 32.0 Å². The van der Waals surface area contributed by atoms with Gasteiger partial charge >= 0.3 is 0 Å². The Balaban J connectivity index is 1.77. The largest absolute Gasteiger partial charge is 0.483 e. The molecule has 0 unspecified atom stereocenters.